The second-order valence-corrected chi connectivity index (χ2v) is 7.88. The van der Waals surface area contributed by atoms with E-state index in [2.05, 4.69) is 27.7 Å². The van der Waals surface area contributed by atoms with Gasteiger partial charge in [0.15, 0.2) is 5.96 Å². The second kappa shape index (κ2) is 13.0. The number of guanidine groups is 1. The largest absolute Gasteiger partial charge is 0.497 e. The minimum absolute atomic E-state index is 0.435. The first-order chi connectivity index (χ1) is 15.3. The van der Waals surface area contributed by atoms with Gasteiger partial charge >= 0.3 is 0 Å². The summed E-state index contributed by atoms with van der Waals surface area (Å²) < 4.78 is 15.9. The minimum Gasteiger partial charge on any atom is -0.497 e. The van der Waals surface area contributed by atoms with Crippen molar-refractivity contribution in [3.63, 3.8) is 0 Å². The number of nitrogens with zero attached hydrogens (tertiary/aromatic N) is 2. The van der Waals surface area contributed by atoms with Crippen LogP contribution in [0.5, 0.6) is 5.75 Å². The Morgan fingerprint density at radius 1 is 1.16 bits per heavy atom. The zero-order valence-electron chi connectivity index (χ0n) is 18.8. The van der Waals surface area contributed by atoms with Crippen LogP contribution in [0.2, 0.25) is 0 Å². The van der Waals surface area contributed by atoms with E-state index in [9.17, 15) is 0 Å². The highest BCUT2D eigenvalue weighted by Gasteiger charge is 2.19. The van der Waals surface area contributed by atoms with Gasteiger partial charge in [0.05, 0.1) is 19.9 Å². The van der Waals surface area contributed by atoms with Gasteiger partial charge in [-0.1, -0.05) is 12.1 Å². The molecule has 2 aromatic rings. The Bertz CT molecular complexity index is 754. The molecule has 0 saturated carbocycles. The highest BCUT2D eigenvalue weighted by Crippen LogP contribution is 2.13. The van der Waals surface area contributed by atoms with Crippen LogP contribution in [-0.2, 0) is 17.7 Å². The molecule has 3 rings (SSSR count). The lowest BCUT2D eigenvalue weighted by atomic mass is 10.1. The maximum absolute atomic E-state index is 5.44. The molecule has 0 spiro atoms. The van der Waals surface area contributed by atoms with Crippen LogP contribution in [0.25, 0.3) is 0 Å². The van der Waals surface area contributed by atoms with Crippen molar-refractivity contribution in [2.45, 2.75) is 38.3 Å². The van der Waals surface area contributed by atoms with E-state index in [-0.39, 0.29) is 0 Å². The molecule has 0 unspecified atom stereocenters. The molecule has 1 aliphatic heterocycles. The quantitative estimate of drug-likeness (QED) is 0.326. The lowest BCUT2D eigenvalue weighted by Crippen LogP contribution is -2.49. The minimum atomic E-state index is 0.435. The number of ether oxygens (including phenoxy) is 2. The molecule has 31 heavy (non-hydrogen) atoms. The molecule has 1 aromatic heterocycles. The van der Waals surface area contributed by atoms with Crippen molar-refractivity contribution in [2.75, 3.05) is 47.0 Å². The van der Waals surface area contributed by atoms with Crippen LogP contribution >= 0.6 is 0 Å². The van der Waals surface area contributed by atoms with E-state index in [1.165, 1.54) is 0 Å². The summed E-state index contributed by atoms with van der Waals surface area (Å²) in [6.45, 7) is 5.56. The fourth-order valence-electron chi connectivity index (χ4n) is 3.74. The van der Waals surface area contributed by atoms with Gasteiger partial charge in [0, 0.05) is 52.4 Å². The lowest BCUT2D eigenvalue weighted by Gasteiger charge is -2.33. The Labute approximate surface area is 185 Å². The van der Waals surface area contributed by atoms with Crippen molar-refractivity contribution in [2.24, 2.45) is 4.99 Å². The molecule has 0 bridgehead atoms. The van der Waals surface area contributed by atoms with Crippen molar-refractivity contribution >= 4 is 5.96 Å². The number of likely N-dealkylation sites (tertiary alicyclic amines) is 1. The van der Waals surface area contributed by atoms with E-state index in [4.69, 9.17) is 18.9 Å². The van der Waals surface area contributed by atoms with Gasteiger partial charge in [0.25, 0.3) is 0 Å². The number of hydrogen-bond acceptors (Lipinski definition) is 5. The highest BCUT2D eigenvalue weighted by molar-refractivity contribution is 5.80. The van der Waals surface area contributed by atoms with Crippen molar-refractivity contribution in [1.82, 2.24) is 15.5 Å². The summed E-state index contributed by atoms with van der Waals surface area (Å²) in [7, 11) is 3.45. The third-order valence-corrected chi connectivity index (χ3v) is 5.57. The van der Waals surface area contributed by atoms with Gasteiger partial charge in [-0.15, -0.1) is 0 Å². The standard InChI is InChI=1S/C24H36N4O3/c1-29-17-4-14-28-15-11-21(12-16-28)27-24(25-13-10-23-5-3-18-31-23)26-19-20-6-8-22(30-2)9-7-20/h3,5-9,18,21H,4,10-17,19H2,1-2H3,(H2,25,26,27). The normalized spacial score (nSPS) is 15.7. The number of methoxy groups -OCH3 is 2. The molecular weight excluding hydrogens is 392 g/mol. The SMILES string of the molecule is COCCCN1CCC(NC(=NCc2ccc(OC)cc2)NCCc2ccco2)CC1. The Morgan fingerprint density at radius 2 is 1.97 bits per heavy atom. The van der Waals surface area contributed by atoms with Crippen molar-refractivity contribution < 1.29 is 13.9 Å². The smallest absolute Gasteiger partial charge is 0.191 e. The van der Waals surface area contributed by atoms with Crippen molar-refractivity contribution in [3.05, 3.63) is 54.0 Å². The molecule has 0 atom stereocenters. The number of benzene rings is 1. The van der Waals surface area contributed by atoms with Gasteiger partial charge in [-0.05, 0) is 49.1 Å². The van der Waals surface area contributed by atoms with E-state index < -0.39 is 0 Å². The van der Waals surface area contributed by atoms with Crippen LogP contribution in [0, 0.1) is 0 Å². The first-order valence-electron chi connectivity index (χ1n) is 11.2. The number of hydrogen-bond donors (Lipinski definition) is 2. The van der Waals surface area contributed by atoms with Crippen molar-refractivity contribution in [1.29, 1.82) is 0 Å². The molecule has 0 amide bonds. The molecule has 0 radical (unpaired) electrons. The second-order valence-electron chi connectivity index (χ2n) is 7.88. The Balaban J connectivity index is 1.52. The summed E-state index contributed by atoms with van der Waals surface area (Å²) in [5, 5.41) is 7.12. The van der Waals surface area contributed by atoms with E-state index in [0.717, 1.165) is 81.5 Å². The van der Waals surface area contributed by atoms with Gasteiger partial charge in [-0.2, -0.15) is 0 Å². The summed E-state index contributed by atoms with van der Waals surface area (Å²) >= 11 is 0. The first kappa shape index (κ1) is 23.2. The fraction of sp³-hybridized carbons (Fsp3) is 0.542. The molecule has 1 aliphatic rings. The van der Waals surface area contributed by atoms with E-state index >= 15 is 0 Å². The van der Waals surface area contributed by atoms with Crippen LogP contribution in [0.3, 0.4) is 0 Å². The van der Waals surface area contributed by atoms with Crippen LogP contribution in [0.4, 0.5) is 0 Å². The van der Waals surface area contributed by atoms with Crippen LogP contribution in [0.15, 0.2) is 52.1 Å². The topological polar surface area (TPSA) is 71.3 Å². The Morgan fingerprint density at radius 3 is 2.65 bits per heavy atom. The number of aliphatic imine (C=N–C) groups is 1. The molecule has 2 heterocycles. The molecule has 1 fully saturated rings. The van der Waals surface area contributed by atoms with Gasteiger partial charge in [-0.3, -0.25) is 0 Å². The van der Waals surface area contributed by atoms with Gasteiger partial charge in [-0.25, -0.2) is 4.99 Å². The summed E-state index contributed by atoms with van der Waals surface area (Å²) in [5.74, 6) is 2.70. The Kier molecular flexibility index (Phi) is 9.73. The number of nitrogens with one attached hydrogen (secondary N) is 2. The average Bonchev–Trinajstić information content (AvgIpc) is 3.32. The molecular formula is C24H36N4O3. The zero-order valence-corrected chi connectivity index (χ0v) is 18.8. The summed E-state index contributed by atoms with van der Waals surface area (Å²) in [6, 6.07) is 12.4. The monoisotopic (exact) mass is 428 g/mol. The molecule has 0 aliphatic carbocycles. The van der Waals surface area contributed by atoms with Crippen molar-refractivity contribution in [3.8, 4) is 5.75 Å². The molecule has 1 aromatic carbocycles. The summed E-state index contributed by atoms with van der Waals surface area (Å²) in [4.78, 5) is 7.36. The van der Waals surface area contributed by atoms with Gasteiger partial charge < -0.3 is 29.4 Å². The number of furan rings is 1. The third kappa shape index (κ3) is 8.26. The molecule has 7 heteroatoms. The third-order valence-electron chi connectivity index (χ3n) is 5.57. The number of rotatable bonds is 11. The first-order valence-corrected chi connectivity index (χ1v) is 11.2. The lowest BCUT2D eigenvalue weighted by molar-refractivity contribution is 0.155. The molecule has 1 saturated heterocycles. The maximum Gasteiger partial charge on any atom is 0.191 e. The van der Waals surface area contributed by atoms with E-state index in [1.807, 2.05) is 24.3 Å². The predicted molar refractivity (Wildman–Crippen MR) is 124 cm³/mol. The van der Waals surface area contributed by atoms with Crippen LogP contribution < -0.4 is 15.4 Å². The maximum atomic E-state index is 5.44. The van der Waals surface area contributed by atoms with E-state index in [0.29, 0.717) is 12.6 Å². The predicted octanol–water partition coefficient (Wildman–Crippen LogP) is 3.07. The molecule has 7 nitrogen and oxygen atoms in total. The highest BCUT2D eigenvalue weighted by atomic mass is 16.5. The molecule has 170 valence electrons. The fourth-order valence-corrected chi connectivity index (χ4v) is 3.74. The molecule has 2 N–H and O–H groups in total. The van der Waals surface area contributed by atoms with Gasteiger partial charge in [0.1, 0.15) is 11.5 Å². The van der Waals surface area contributed by atoms with Crippen LogP contribution in [-0.4, -0.2) is 63.9 Å². The zero-order chi connectivity index (χ0) is 21.7. The van der Waals surface area contributed by atoms with E-state index in [1.54, 1.807) is 20.5 Å². The van der Waals surface area contributed by atoms with Gasteiger partial charge in [0.2, 0.25) is 0 Å². The average molecular weight is 429 g/mol. The summed E-state index contributed by atoms with van der Waals surface area (Å²) in [5.41, 5.74) is 1.15. The summed E-state index contributed by atoms with van der Waals surface area (Å²) in [6.07, 6.45) is 5.88. The van der Waals surface area contributed by atoms with Crippen LogP contribution in [0.1, 0.15) is 30.6 Å². The number of piperidine rings is 1. The Hall–Kier alpha value is -2.51.